The molecule has 2 aromatic heterocycles. The van der Waals surface area contributed by atoms with E-state index in [1.165, 1.54) is 17.2 Å². The molecule has 3 rings (SSSR count). The van der Waals surface area contributed by atoms with E-state index in [0.717, 1.165) is 0 Å². The predicted molar refractivity (Wildman–Crippen MR) is 78.8 cm³/mol. The van der Waals surface area contributed by atoms with Crippen LogP contribution in [0.1, 0.15) is 6.23 Å². The van der Waals surface area contributed by atoms with E-state index in [1.807, 2.05) is 0 Å². The van der Waals surface area contributed by atoms with Gasteiger partial charge in [-0.05, 0) is 0 Å². The van der Waals surface area contributed by atoms with Crippen LogP contribution in [0, 0.1) is 0 Å². The van der Waals surface area contributed by atoms with Crippen molar-refractivity contribution in [2.75, 3.05) is 19.0 Å². The first-order valence-electron chi connectivity index (χ1n) is 6.89. The molecule has 0 amide bonds. The van der Waals surface area contributed by atoms with E-state index in [1.54, 1.807) is 7.05 Å². The number of aromatic nitrogens is 4. The molecular weight excluding hydrogens is 345 g/mol. The average Bonchev–Trinajstić information content (AvgIpc) is 3.07. The number of nitrogens with zero attached hydrogens (tertiary/aromatic N) is 4. The van der Waals surface area contributed by atoms with Crippen LogP contribution in [-0.2, 0) is 13.8 Å². The van der Waals surface area contributed by atoms with Gasteiger partial charge in [0.1, 0.15) is 30.2 Å². The van der Waals surface area contributed by atoms with Crippen molar-refractivity contribution in [1.29, 1.82) is 0 Å². The third kappa shape index (κ3) is 3.13. The van der Waals surface area contributed by atoms with Crippen LogP contribution in [0.3, 0.4) is 0 Å². The summed E-state index contributed by atoms with van der Waals surface area (Å²) in [6, 6.07) is 0. The quantitative estimate of drug-likeness (QED) is 0.396. The van der Waals surface area contributed by atoms with Gasteiger partial charge in [-0.25, -0.2) is 19.5 Å². The zero-order valence-corrected chi connectivity index (χ0v) is 13.3. The Bertz CT molecular complexity index is 779. The van der Waals surface area contributed by atoms with Crippen LogP contribution in [0.4, 0.5) is 5.82 Å². The fraction of sp³-hybridized carbons (Fsp3) is 0.545. The molecule has 2 aromatic rings. The number of aliphatic hydroxyl groups excluding tert-OH is 2. The molecule has 0 bridgehead atoms. The summed E-state index contributed by atoms with van der Waals surface area (Å²) in [4.78, 5) is 29.7. The van der Waals surface area contributed by atoms with Crippen molar-refractivity contribution in [3.05, 3.63) is 12.7 Å². The Kier molecular flexibility index (Phi) is 4.53. The first-order valence-corrected chi connectivity index (χ1v) is 8.42. The van der Waals surface area contributed by atoms with Crippen molar-refractivity contribution < 1.29 is 33.8 Å². The summed E-state index contributed by atoms with van der Waals surface area (Å²) in [5.41, 5.74) is 0.808. The van der Waals surface area contributed by atoms with E-state index in [-0.39, 0.29) is 0 Å². The molecule has 1 aliphatic rings. The van der Waals surface area contributed by atoms with Crippen LogP contribution < -0.4 is 5.32 Å². The molecular formula is C11H16N5O7P. The van der Waals surface area contributed by atoms with Gasteiger partial charge in [0.25, 0.3) is 0 Å². The highest BCUT2D eigenvalue weighted by molar-refractivity contribution is 7.46. The summed E-state index contributed by atoms with van der Waals surface area (Å²) in [5.74, 6) is 0.480. The number of aliphatic hydroxyl groups is 2. The summed E-state index contributed by atoms with van der Waals surface area (Å²) in [6.45, 7) is -0.581. The standard InChI is InChI=1S/C11H16N5O7P/c1-12-9-6-10(14-3-13-9)16(4-15-6)11-8(18)7(17)5(23-11)2-22-24(19,20)21/h3-5,7-8,11,17-18H,2H2,1H3,(H,12,13,14)(H2,19,20,21)/t5-,7?,8+,11-/m1/s1. The smallest absolute Gasteiger partial charge is 0.387 e. The number of hydrogen-bond acceptors (Lipinski definition) is 9. The van der Waals surface area contributed by atoms with Gasteiger partial charge in [0, 0.05) is 7.05 Å². The predicted octanol–water partition coefficient (Wildman–Crippen LogP) is -1.40. The summed E-state index contributed by atoms with van der Waals surface area (Å²) >= 11 is 0. The Labute approximate surface area is 135 Å². The SMILES string of the molecule is CNc1ncnc2c1ncn2[C@@H]1O[C@H](COP(=O)(O)O)C(O)[C@@H]1O. The minimum Gasteiger partial charge on any atom is -0.387 e. The molecule has 0 saturated carbocycles. The molecule has 0 aliphatic carbocycles. The lowest BCUT2D eigenvalue weighted by Gasteiger charge is -2.16. The highest BCUT2D eigenvalue weighted by Gasteiger charge is 2.45. The van der Waals surface area contributed by atoms with E-state index in [2.05, 4.69) is 24.8 Å². The molecule has 0 spiro atoms. The van der Waals surface area contributed by atoms with Gasteiger partial charge in [-0.3, -0.25) is 9.09 Å². The first kappa shape index (κ1) is 17.2. The maximum Gasteiger partial charge on any atom is 0.469 e. The molecule has 132 valence electrons. The van der Waals surface area contributed by atoms with Gasteiger partial charge in [-0.2, -0.15) is 0 Å². The normalized spacial score (nSPS) is 27.7. The molecule has 4 atom stereocenters. The summed E-state index contributed by atoms with van der Waals surface area (Å²) < 4.78 is 22.0. The van der Waals surface area contributed by atoms with Crippen LogP contribution in [-0.4, -0.2) is 71.5 Å². The van der Waals surface area contributed by atoms with Crippen molar-refractivity contribution in [3.63, 3.8) is 0 Å². The first-order chi connectivity index (χ1) is 11.3. The number of anilines is 1. The molecule has 13 heteroatoms. The van der Waals surface area contributed by atoms with Crippen molar-refractivity contribution in [1.82, 2.24) is 19.5 Å². The van der Waals surface area contributed by atoms with Crippen molar-refractivity contribution >= 4 is 24.8 Å². The number of rotatable bonds is 5. The number of phosphoric ester groups is 1. The van der Waals surface area contributed by atoms with Gasteiger partial charge in [-0.15, -0.1) is 0 Å². The molecule has 1 unspecified atom stereocenters. The summed E-state index contributed by atoms with van der Waals surface area (Å²) in [5, 5.41) is 23.0. The van der Waals surface area contributed by atoms with Gasteiger partial charge in [0.2, 0.25) is 0 Å². The number of nitrogens with one attached hydrogen (secondary N) is 1. The van der Waals surface area contributed by atoms with Crippen LogP contribution in [0.5, 0.6) is 0 Å². The maximum atomic E-state index is 10.8. The van der Waals surface area contributed by atoms with Crippen molar-refractivity contribution in [2.24, 2.45) is 0 Å². The lowest BCUT2D eigenvalue weighted by Crippen LogP contribution is -2.33. The Morgan fingerprint density at radius 2 is 2.08 bits per heavy atom. The summed E-state index contributed by atoms with van der Waals surface area (Å²) in [7, 11) is -3.05. The molecule has 0 aromatic carbocycles. The molecule has 1 saturated heterocycles. The lowest BCUT2D eigenvalue weighted by atomic mass is 10.1. The average molecular weight is 361 g/mol. The fourth-order valence-corrected chi connectivity index (χ4v) is 2.83. The second-order valence-electron chi connectivity index (χ2n) is 5.13. The van der Waals surface area contributed by atoms with Gasteiger partial charge in [-0.1, -0.05) is 0 Å². The van der Waals surface area contributed by atoms with Crippen LogP contribution in [0.25, 0.3) is 11.2 Å². The second-order valence-corrected chi connectivity index (χ2v) is 6.37. The van der Waals surface area contributed by atoms with Crippen LogP contribution in [0.15, 0.2) is 12.7 Å². The van der Waals surface area contributed by atoms with Gasteiger partial charge < -0.3 is 30.1 Å². The molecule has 5 N–H and O–H groups in total. The highest BCUT2D eigenvalue weighted by atomic mass is 31.2. The minimum atomic E-state index is -4.71. The van der Waals surface area contributed by atoms with Gasteiger partial charge in [0.15, 0.2) is 17.7 Å². The number of phosphoric acid groups is 1. The third-order valence-electron chi connectivity index (χ3n) is 3.61. The number of imidazole rings is 1. The largest absolute Gasteiger partial charge is 0.469 e. The monoisotopic (exact) mass is 361 g/mol. The topological polar surface area (TPSA) is 172 Å². The Morgan fingerprint density at radius 3 is 2.75 bits per heavy atom. The molecule has 24 heavy (non-hydrogen) atoms. The maximum absolute atomic E-state index is 10.8. The van der Waals surface area contributed by atoms with Crippen LogP contribution in [0.2, 0.25) is 0 Å². The molecule has 12 nitrogen and oxygen atoms in total. The lowest BCUT2D eigenvalue weighted by molar-refractivity contribution is -0.0504. The second kappa shape index (κ2) is 6.33. The van der Waals surface area contributed by atoms with Crippen LogP contribution >= 0.6 is 7.82 Å². The van der Waals surface area contributed by atoms with E-state index in [9.17, 15) is 14.8 Å². The molecule has 1 fully saturated rings. The third-order valence-corrected chi connectivity index (χ3v) is 4.10. The number of hydrogen-bond donors (Lipinski definition) is 5. The van der Waals surface area contributed by atoms with E-state index in [0.29, 0.717) is 17.0 Å². The Hall–Kier alpha value is -1.66. The van der Waals surface area contributed by atoms with Crippen molar-refractivity contribution in [2.45, 2.75) is 24.5 Å². The van der Waals surface area contributed by atoms with Gasteiger partial charge in [0.05, 0.1) is 12.9 Å². The molecule has 0 radical (unpaired) electrons. The van der Waals surface area contributed by atoms with E-state index < -0.39 is 39.0 Å². The van der Waals surface area contributed by atoms with Gasteiger partial charge >= 0.3 is 7.82 Å². The van der Waals surface area contributed by atoms with Crippen molar-refractivity contribution in [3.8, 4) is 0 Å². The van der Waals surface area contributed by atoms with E-state index >= 15 is 0 Å². The Morgan fingerprint density at radius 1 is 1.33 bits per heavy atom. The molecule has 1 aliphatic heterocycles. The minimum absolute atomic E-state index is 0.363. The van der Waals surface area contributed by atoms with E-state index in [4.69, 9.17) is 14.5 Å². The number of fused-ring (bicyclic) bond motifs is 1. The molecule has 3 heterocycles. The zero-order chi connectivity index (χ0) is 17.5. The Balaban J connectivity index is 1.86. The fourth-order valence-electron chi connectivity index (χ4n) is 2.49. The highest BCUT2D eigenvalue weighted by Crippen LogP contribution is 2.38. The number of ether oxygens (including phenoxy) is 1. The zero-order valence-electron chi connectivity index (χ0n) is 12.4. The summed E-state index contributed by atoms with van der Waals surface area (Å²) in [6.07, 6.45) is -2.26.